The highest BCUT2D eigenvalue weighted by atomic mass is 35.5. The standard InChI is InChI=1S/C25H28ClN3O4/c1-3-17-4-6-22-20(12-17)18(13-25(31)33-22)15-28-8-10-29(11-9-28)16-24(30)27-19-5-7-23(32-2)21(26)14-19/h4-7,12-14H,3,8-11,15-16H2,1-2H3,(H,27,30). The molecule has 4 rings (SSSR count). The summed E-state index contributed by atoms with van der Waals surface area (Å²) in [5.74, 6) is 0.490. The van der Waals surface area contributed by atoms with Crippen LogP contribution < -0.4 is 15.7 Å². The number of carbonyl (C=O) groups excluding carboxylic acids is 1. The van der Waals surface area contributed by atoms with E-state index < -0.39 is 0 Å². The molecule has 0 unspecified atom stereocenters. The van der Waals surface area contributed by atoms with Gasteiger partial charge in [0.05, 0.1) is 18.7 Å². The molecule has 0 bridgehead atoms. The number of hydrogen-bond donors (Lipinski definition) is 1. The molecule has 1 N–H and O–H groups in total. The van der Waals surface area contributed by atoms with Crippen molar-refractivity contribution in [3.05, 3.63) is 69.0 Å². The van der Waals surface area contributed by atoms with E-state index in [2.05, 4.69) is 28.1 Å². The Bertz CT molecular complexity index is 1200. The van der Waals surface area contributed by atoms with Gasteiger partial charge in [0.2, 0.25) is 5.91 Å². The summed E-state index contributed by atoms with van der Waals surface area (Å²) in [6, 6.07) is 12.8. The molecule has 1 aliphatic heterocycles. The molecule has 1 fully saturated rings. The number of piperazine rings is 1. The molecule has 3 aromatic rings. The Morgan fingerprint density at radius 1 is 1.09 bits per heavy atom. The highest BCUT2D eigenvalue weighted by Gasteiger charge is 2.20. The van der Waals surface area contributed by atoms with E-state index in [1.54, 1.807) is 31.4 Å². The normalized spacial score (nSPS) is 15.0. The minimum absolute atomic E-state index is 0.0801. The van der Waals surface area contributed by atoms with Crippen molar-refractivity contribution in [2.75, 3.05) is 45.2 Å². The average molecular weight is 470 g/mol. The molecule has 1 aromatic heterocycles. The first-order valence-corrected chi connectivity index (χ1v) is 11.5. The molecule has 0 spiro atoms. The van der Waals surface area contributed by atoms with Crippen molar-refractivity contribution < 1.29 is 13.9 Å². The van der Waals surface area contributed by atoms with Gasteiger partial charge >= 0.3 is 5.63 Å². The van der Waals surface area contributed by atoms with Crippen LogP contribution in [0.4, 0.5) is 5.69 Å². The number of anilines is 1. The fourth-order valence-electron chi connectivity index (χ4n) is 4.12. The quantitative estimate of drug-likeness (QED) is 0.531. The number of benzene rings is 2. The maximum atomic E-state index is 12.5. The van der Waals surface area contributed by atoms with E-state index in [4.69, 9.17) is 20.8 Å². The Kier molecular flexibility index (Phi) is 7.33. The zero-order chi connectivity index (χ0) is 23.4. The van der Waals surface area contributed by atoms with Crippen molar-refractivity contribution in [2.24, 2.45) is 0 Å². The van der Waals surface area contributed by atoms with Gasteiger partial charge in [-0.3, -0.25) is 14.6 Å². The van der Waals surface area contributed by atoms with Crippen LogP contribution in [0.3, 0.4) is 0 Å². The van der Waals surface area contributed by atoms with Gasteiger partial charge in [-0.05, 0) is 47.9 Å². The molecule has 2 heterocycles. The van der Waals surface area contributed by atoms with E-state index in [0.717, 1.165) is 43.5 Å². The third kappa shape index (κ3) is 5.74. The van der Waals surface area contributed by atoms with Gasteiger partial charge in [0.15, 0.2) is 0 Å². The highest BCUT2D eigenvalue weighted by Crippen LogP contribution is 2.27. The van der Waals surface area contributed by atoms with Gasteiger partial charge in [-0.25, -0.2) is 4.79 Å². The number of methoxy groups -OCH3 is 1. The fraction of sp³-hybridized carbons (Fsp3) is 0.360. The first kappa shape index (κ1) is 23.3. The number of amides is 1. The Morgan fingerprint density at radius 3 is 2.55 bits per heavy atom. The molecule has 2 aromatic carbocycles. The lowest BCUT2D eigenvalue weighted by molar-refractivity contribution is -0.117. The molecular weight excluding hydrogens is 442 g/mol. The fourth-order valence-corrected chi connectivity index (χ4v) is 4.38. The lowest BCUT2D eigenvalue weighted by Crippen LogP contribution is -2.48. The third-order valence-corrected chi connectivity index (χ3v) is 6.26. The minimum atomic E-state index is -0.323. The molecule has 0 radical (unpaired) electrons. The lowest BCUT2D eigenvalue weighted by Gasteiger charge is -2.34. The van der Waals surface area contributed by atoms with Gasteiger partial charge < -0.3 is 14.5 Å². The number of halogens is 1. The SMILES string of the molecule is CCc1ccc2oc(=O)cc(CN3CCN(CC(=O)Nc4ccc(OC)c(Cl)c4)CC3)c2c1. The van der Waals surface area contributed by atoms with Gasteiger partial charge in [-0.15, -0.1) is 0 Å². The van der Waals surface area contributed by atoms with Gasteiger partial charge in [-0.2, -0.15) is 0 Å². The zero-order valence-corrected chi connectivity index (χ0v) is 19.7. The summed E-state index contributed by atoms with van der Waals surface area (Å²) in [5.41, 5.74) is 3.15. The van der Waals surface area contributed by atoms with Crippen molar-refractivity contribution >= 4 is 34.2 Å². The van der Waals surface area contributed by atoms with Crippen molar-refractivity contribution in [3.63, 3.8) is 0 Å². The van der Waals surface area contributed by atoms with Crippen LogP contribution in [0.1, 0.15) is 18.1 Å². The first-order chi connectivity index (χ1) is 15.9. The van der Waals surface area contributed by atoms with Crippen LogP contribution in [0, 0.1) is 0 Å². The maximum absolute atomic E-state index is 12.5. The van der Waals surface area contributed by atoms with Crippen molar-refractivity contribution in [1.29, 1.82) is 0 Å². The zero-order valence-electron chi connectivity index (χ0n) is 18.9. The molecule has 33 heavy (non-hydrogen) atoms. The molecule has 8 heteroatoms. The predicted octanol–water partition coefficient (Wildman–Crippen LogP) is 3.77. The molecule has 1 saturated heterocycles. The Balaban J connectivity index is 1.33. The predicted molar refractivity (Wildman–Crippen MR) is 130 cm³/mol. The second-order valence-corrected chi connectivity index (χ2v) is 8.63. The number of fused-ring (bicyclic) bond motifs is 1. The summed E-state index contributed by atoms with van der Waals surface area (Å²) < 4.78 is 10.5. The van der Waals surface area contributed by atoms with Crippen LogP contribution in [-0.4, -0.2) is 55.5 Å². The van der Waals surface area contributed by atoms with Gasteiger partial charge in [0, 0.05) is 49.9 Å². The van der Waals surface area contributed by atoms with Crippen LogP contribution >= 0.6 is 11.6 Å². The largest absolute Gasteiger partial charge is 0.495 e. The molecular formula is C25H28ClN3O4. The number of hydrogen-bond acceptors (Lipinski definition) is 6. The summed E-state index contributed by atoms with van der Waals surface area (Å²) in [5, 5.41) is 4.34. The second kappa shape index (κ2) is 10.4. The van der Waals surface area contributed by atoms with Crippen LogP contribution in [0.15, 0.2) is 51.7 Å². The summed E-state index contributed by atoms with van der Waals surface area (Å²) in [4.78, 5) is 28.9. The van der Waals surface area contributed by atoms with Crippen molar-refractivity contribution in [3.8, 4) is 5.75 Å². The Morgan fingerprint density at radius 2 is 1.85 bits per heavy atom. The summed E-state index contributed by atoms with van der Waals surface area (Å²) >= 11 is 6.13. The monoisotopic (exact) mass is 469 g/mol. The molecule has 174 valence electrons. The summed E-state index contributed by atoms with van der Waals surface area (Å²) in [6.45, 7) is 6.29. The van der Waals surface area contributed by atoms with Crippen LogP contribution in [0.2, 0.25) is 5.02 Å². The molecule has 0 atom stereocenters. The number of aryl methyl sites for hydroxylation is 1. The second-order valence-electron chi connectivity index (χ2n) is 8.22. The van der Waals surface area contributed by atoms with Crippen molar-refractivity contribution in [1.82, 2.24) is 9.80 Å². The number of nitrogens with zero attached hydrogens (tertiary/aromatic N) is 2. The van der Waals surface area contributed by atoms with Crippen LogP contribution in [0.5, 0.6) is 5.75 Å². The first-order valence-electron chi connectivity index (χ1n) is 11.1. The maximum Gasteiger partial charge on any atom is 0.336 e. The lowest BCUT2D eigenvalue weighted by atomic mass is 10.0. The Hall–Kier alpha value is -2.87. The van der Waals surface area contributed by atoms with E-state index in [0.29, 0.717) is 35.1 Å². The van der Waals surface area contributed by atoms with Gasteiger partial charge in [0.1, 0.15) is 11.3 Å². The number of rotatable bonds is 7. The topological polar surface area (TPSA) is 75.0 Å². The molecule has 0 aliphatic carbocycles. The van der Waals surface area contributed by atoms with E-state index >= 15 is 0 Å². The van der Waals surface area contributed by atoms with Crippen LogP contribution in [-0.2, 0) is 17.8 Å². The summed E-state index contributed by atoms with van der Waals surface area (Å²) in [7, 11) is 1.55. The average Bonchev–Trinajstić information content (AvgIpc) is 2.80. The van der Waals surface area contributed by atoms with E-state index in [1.807, 2.05) is 12.1 Å². The smallest absolute Gasteiger partial charge is 0.336 e. The third-order valence-electron chi connectivity index (χ3n) is 5.96. The molecule has 1 amide bonds. The van der Waals surface area contributed by atoms with Gasteiger partial charge in [-0.1, -0.05) is 24.6 Å². The minimum Gasteiger partial charge on any atom is -0.495 e. The number of nitrogens with one attached hydrogen (secondary N) is 1. The number of ether oxygens (including phenoxy) is 1. The molecule has 7 nitrogen and oxygen atoms in total. The van der Waals surface area contributed by atoms with Crippen molar-refractivity contribution in [2.45, 2.75) is 19.9 Å². The Labute approximate surface area is 197 Å². The molecule has 0 saturated carbocycles. The van der Waals surface area contributed by atoms with Crippen LogP contribution in [0.25, 0.3) is 11.0 Å². The molecule has 1 aliphatic rings. The van der Waals surface area contributed by atoms with E-state index in [1.165, 1.54) is 5.56 Å². The van der Waals surface area contributed by atoms with Gasteiger partial charge in [0.25, 0.3) is 0 Å². The van der Waals surface area contributed by atoms with E-state index in [9.17, 15) is 9.59 Å². The summed E-state index contributed by atoms with van der Waals surface area (Å²) in [6.07, 6.45) is 0.929. The number of carbonyl (C=O) groups is 1. The van der Waals surface area contributed by atoms with E-state index in [-0.39, 0.29) is 11.5 Å². The highest BCUT2D eigenvalue weighted by molar-refractivity contribution is 6.32.